The maximum absolute atomic E-state index is 6.17. The minimum Gasteiger partial charge on any atom is -0.493 e. The van der Waals surface area contributed by atoms with Gasteiger partial charge < -0.3 is 15.2 Å². The van der Waals surface area contributed by atoms with Crippen molar-refractivity contribution < 1.29 is 9.47 Å². The Balaban J connectivity index is 2.62. The lowest BCUT2D eigenvalue weighted by Gasteiger charge is -2.26. The van der Waals surface area contributed by atoms with Crippen LogP contribution in [0.4, 0.5) is 0 Å². The highest BCUT2D eigenvalue weighted by Crippen LogP contribution is 2.56. The van der Waals surface area contributed by atoms with E-state index in [1.165, 1.54) is 5.56 Å². The molecular weight excluding hydrogens is 294 g/mol. The Labute approximate surface area is 117 Å². The minimum atomic E-state index is 0.0997. The van der Waals surface area contributed by atoms with E-state index in [1.807, 2.05) is 6.07 Å². The largest absolute Gasteiger partial charge is 0.493 e. The van der Waals surface area contributed by atoms with Gasteiger partial charge in [-0.3, -0.25) is 0 Å². The van der Waals surface area contributed by atoms with Crippen LogP contribution < -0.4 is 15.2 Å². The number of ether oxygens (including phenoxy) is 2. The third kappa shape index (κ3) is 1.91. The highest BCUT2D eigenvalue weighted by molar-refractivity contribution is 9.10. The van der Waals surface area contributed by atoms with Crippen molar-refractivity contribution in [3.05, 3.63) is 21.7 Å². The molecule has 1 aliphatic carbocycles. The molecule has 0 amide bonds. The Morgan fingerprint density at radius 3 is 2.33 bits per heavy atom. The van der Waals surface area contributed by atoms with Crippen molar-refractivity contribution in [3.8, 4) is 11.5 Å². The number of benzene rings is 1. The summed E-state index contributed by atoms with van der Waals surface area (Å²) in [4.78, 5) is 0. The molecule has 0 aromatic heterocycles. The van der Waals surface area contributed by atoms with Gasteiger partial charge in [0.1, 0.15) is 0 Å². The van der Waals surface area contributed by atoms with E-state index in [1.54, 1.807) is 14.2 Å². The van der Waals surface area contributed by atoms with E-state index in [2.05, 4.69) is 29.8 Å². The molecule has 0 heterocycles. The zero-order valence-electron chi connectivity index (χ0n) is 11.3. The summed E-state index contributed by atoms with van der Waals surface area (Å²) in [5.74, 6) is 1.56. The van der Waals surface area contributed by atoms with Gasteiger partial charge in [0.15, 0.2) is 11.5 Å². The van der Waals surface area contributed by atoms with Gasteiger partial charge in [-0.05, 0) is 43.9 Å². The third-order valence-electron chi connectivity index (χ3n) is 4.02. The van der Waals surface area contributed by atoms with E-state index in [0.717, 1.165) is 34.4 Å². The molecule has 0 aliphatic heterocycles. The SMILES string of the molecule is COc1cc(Br)c(C2(C(C)N)CC2)c(C)c1OC. The molecule has 1 unspecified atom stereocenters. The molecule has 1 fully saturated rings. The van der Waals surface area contributed by atoms with E-state index >= 15 is 0 Å². The van der Waals surface area contributed by atoms with Crippen molar-refractivity contribution in [2.24, 2.45) is 5.73 Å². The van der Waals surface area contributed by atoms with Crippen LogP contribution in [-0.2, 0) is 5.41 Å². The van der Waals surface area contributed by atoms with Crippen molar-refractivity contribution in [1.29, 1.82) is 0 Å². The van der Waals surface area contributed by atoms with E-state index < -0.39 is 0 Å². The average Bonchev–Trinajstić information content (AvgIpc) is 3.09. The summed E-state index contributed by atoms with van der Waals surface area (Å²) >= 11 is 3.66. The first-order valence-corrected chi connectivity index (χ1v) is 6.94. The van der Waals surface area contributed by atoms with Crippen molar-refractivity contribution in [2.45, 2.75) is 38.1 Å². The summed E-state index contributed by atoms with van der Waals surface area (Å²) < 4.78 is 11.9. The zero-order chi connectivity index (χ0) is 13.5. The van der Waals surface area contributed by atoms with Crippen LogP contribution in [-0.4, -0.2) is 20.3 Å². The fraction of sp³-hybridized carbons (Fsp3) is 0.571. The maximum Gasteiger partial charge on any atom is 0.163 e. The molecule has 2 N–H and O–H groups in total. The van der Waals surface area contributed by atoms with Gasteiger partial charge in [0, 0.05) is 15.9 Å². The highest BCUT2D eigenvalue weighted by atomic mass is 79.9. The van der Waals surface area contributed by atoms with Crippen molar-refractivity contribution in [1.82, 2.24) is 0 Å². The van der Waals surface area contributed by atoms with E-state index in [0.29, 0.717) is 0 Å². The van der Waals surface area contributed by atoms with E-state index in [-0.39, 0.29) is 11.5 Å². The van der Waals surface area contributed by atoms with Gasteiger partial charge in [-0.15, -0.1) is 0 Å². The van der Waals surface area contributed by atoms with Gasteiger partial charge in [-0.25, -0.2) is 0 Å². The normalized spacial score (nSPS) is 18.3. The van der Waals surface area contributed by atoms with Crippen LogP contribution in [0.1, 0.15) is 30.9 Å². The number of nitrogens with two attached hydrogens (primary N) is 1. The molecule has 1 aromatic rings. The van der Waals surface area contributed by atoms with Gasteiger partial charge in [-0.2, -0.15) is 0 Å². The molecule has 1 atom stereocenters. The summed E-state index contributed by atoms with van der Waals surface area (Å²) in [6.07, 6.45) is 2.28. The highest BCUT2D eigenvalue weighted by Gasteiger charge is 2.50. The molecule has 0 bridgehead atoms. The second kappa shape index (κ2) is 4.74. The van der Waals surface area contributed by atoms with Crippen LogP contribution in [0.5, 0.6) is 11.5 Å². The average molecular weight is 314 g/mol. The molecular formula is C14H20BrNO2. The van der Waals surface area contributed by atoms with Crippen LogP contribution in [0.3, 0.4) is 0 Å². The molecule has 2 rings (SSSR count). The fourth-order valence-corrected chi connectivity index (χ4v) is 3.71. The number of rotatable bonds is 4. The van der Waals surface area contributed by atoms with E-state index in [4.69, 9.17) is 15.2 Å². The Morgan fingerprint density at radius 2 is 1.94 bits per heavy atom. The van der Waals surface area contributed by atoms with Crippen LogP contribution in [0.2, 0.25) is 0 Å². The molecule has 0 spiro atoms. The summed E-state index contributed by atoms with van der Waals surface area (Å²) in [5, 5.41) is 0. The lowest BCUT2D eigenvalue weighted by molar-refractivity contribution is 0.351. The lowest BCUT2D eigenvalue weighted by atomic mass is 9.86. The molecule has 0 saturated heterocycles. The number of hydrogen-bond acceptors (Lipinski definition) is 3. The Bertz CT molecular complexity index is 467. The van der Waals surface area contributed by atoms with Crippen molar-refractivity contribution in [3.63, 3.8) is 0 Å². The summed E-state index contributed by atoms with van der Waals surface area (Å²) in [5.41, 5.74) is 8.67. The first-order chi connectivity index (χ1) is 8.47. The first kappa shape index (κ1) is 13.7. The second-order valence-electron chi connectivity index (χ2n) is 5.04. The molecule has 3 nitrogen and oxygen atoms in total. The number of methoxy groups -OCH3 is 2. The third-order valence-corrected chi connectivity index (χ3v) is 4.64. The smallest absolute Gasteiger partial charge is 0.163 e. The predicted molar refractivity (Wildman–Crippen MR) is 76.5 cm³/mol. The van der Waals surface area contributed by atoms with Crippen LogP contribution in [0.15, 0.2) is 10.5 Å². The Morgan fingerprint density at radius 1 is 1.33 bits per heavy atom. The van der Waals surface area contributed by atoms with Crippen molar-refractivity contribution >= 4 is 15.9 Å². The van der Waals surface area contributed by atoms with Gasteiger partial charge >= 0.3 is 0 Å². The van der Waals surface area contributed by atoms with Gasteiger partial charge in [0.05, 0.1) is 14.2 Å². The topological polar surface area (TPSA) is 44.5 Å². The molecule has 4 heteroatoms. The fourth-order valence-electron chi connectivity index (χ4n) is 2.81. The Hall–Kier alpha value is -0.740. The van der Waals surface area contributed by atoms with Gasteiger partial charge in [0.25, 0.3) is 0 Å². The first-order valence-electron chi connectivity index (χ1n) is 6.15. The quantitative estimate of drug-likeness (QED) is 0.928. The van der Waals surface area contributed by atoms with E-state index in [9.17, 15) is 0 Å². The van der Waals surface area contributed by atoms with Crippen LogP contribution in [0.25, 0.3) is 0 Å². The number of halogens is 1. The Kier molecular flexibility index (Phi) is 3.60. The molecule has 1 saturated carbocycles. The van der Waals surface area contributed by atoms with Crippen molar-refractivity contribution in [2.75, 3.05) is 14.2 Å². The molecule has 18 heavy (non-hydrogen) atoms. The number of hydrogen-bond donors (Lipinski definition) is 1. The minimum absolute atomic E-state index is 0.0997. The zero-order valence-corrected chi connectivity index (χ0v) is 12.9. The van der Waals surface area contributed by atoms with Crippen LogP contribution in [0, 0.1) is 6.92 Å². The predicted octanol–water partition coefficient (Wildman–Crippen LogP) is 3.15. The standard InChI is InChI=1S/C14H20BrNO2/c1-8-12(14(5-6-14)9(2)16)10(15)7-11(17-3)13(8)18-4/h7,9H,5-6,16H2,1-4H3. The van der Waals surface area contributed by atoms with Gasteiger partial charge in [-0.1, -0.05) is 15.9 Å². The summed E-state index contributed by atoms with van der Waals surface area (Å²) in [6, 6.07) is 2.12. The molecule has 0 radical (unpaired) electrons. The van der Waals surface area contributed by atoms with Gasteiger partial charge in [0.2, 0.25) is 0 Å². The monoisotopic (exact) mass is 313 g/mol. The molecule has 1 aliphatic rings. The summed E-state index contributed by atoms with van der Waals surface area (Å²) in [6.45, 7) is 4.15. The molecule has 1 aromatic carbocycles. The lowest BCUT2D eigenvalue weighted by Crippen LogP contribution is -2.32. The summed E-state index contributed by atoms with van der Waals surface area (Å²) in [7, 11) is 3.33. The molecule has 100 valence electrons. The van der Waals surface area contributed by atoms with Crippen LogP contribution >= 0.6 is 15.9 Å². The second-order valence-corrected chi connectivity index (χ2v) is 5.89. The maximum atomic E-state index is 6.17.